The van der Waals surface area contributed by atoms with Gasteiger partial charge in [0.1, 0.15) is 5.78 Å². The molecule has 1 aromatic carbocycles. The Morgan fingerprint density at radius 1 is 1.29 bits per heavy atom. The summed E-state index contributed by atoms with van der Waals surface area (Å²) in [6, 6.07) is 6.95. The van der Waals surface area contributed by atoms with Gasteiger partial charge in [0.05, 0.1) is 6.42 Å². The lowest BCUT2D eigenvalue weighted by atomic mass is 10.1. The number of hydrogen-bond donors (Lipinski definition) is 0. The summed E-state index contributed by atoms with van der Waals surface area (Å²) >= 11 is 10.8. The van der Waals surface area contributed by atoms with Crippen LogP contribution in [0.5, 0.6) is 0 Å². The van der Waals surface area contributed by atoms with E-state index in [0.717, 1.165) is 5.56 Å². The van der Waals surface area contributed by atoms with Crippen molar-refractivity contribution in [2.75, 3.05) is 0 Å². The van der Waals surface area contributed by atoms with Crippen LogP contribution in [0.1, 0.15) is 12.0 Å². The summed E-state index contributed by atoms with van der Waals surface area (Å²) in [6.45, 7) is 0. The molecule has 0 unspecified atom stereocenters. The average molecular weight is 231 g/mol. The number of halogens is 2. The van der Waals surface area contributed by atoms with Gasteiger partial charge in [0.15, 0.2) is 0 Å². The van der Waals surface area contributed by atoms with Gasteiger partial charge in [0.25, 0.3) is 0 Å². The van der Waals surface area contributed by atoms with Gasteiger partial charge in [-0.05, 0) is 29.3 Å². The van der Waals surface area contributed by atoms with Crippen LogP contribution in [0, 0.1) is 0 Å². The van der Waals surface area contributed by atoms with Gasteiger partial charge in [0, 0.05) is 11.4 Å². The normalized spacial score (nSPS) is 9.86. The highest BCUT2D eigenvalue weighted by Gasteiger charge is 2.07. The summed E-state index contributed by atoms with van der Waals surface area (Å²) in [5.41, 5.74) is 0.792. The molecular weight excluding hydrogens is 223 g/mol. The van der Waals surface area contributed by atoms with E-state index in [1.807, 2.05) is 0 Å². The zero-order chi connectivity index (χ0) is 10.6. The molecule has 0 amide bonds. The van der Waals surface area contributed by atoms with Gasteiger partial charge in [-0.25, -0.2) is 0 Å². The van der Waals surface area contributed by atoms with Crippen molar-refractivity contribution in [3.63, 3.8) is 0 Å². The van der Waals surface area contributed by atoms with E-state index < -0.39 is 5.24 Å². The van der Waals surface area contributed by atoms with E-state index in [1.54, 1.807) is 24.3 Å². The summed E-state index contributed by atoms with van der Waals surface area (Å²) in [5, 5.41) is -0.0514. The molecule has 0 atom stereocenters. The molecule has 0 aromatic heterocycles. The van der Waals surface area contributed by atoms with Crippen LogP contribution in [-0.2, 0) is 16.0 Å². The molecule has 0 fully saturated rings. The molecule has 14 heavy (non-hydrogen) atoms. The lowest BCUT2D eigenvalue weighted by Crippen LogP contribution is -2.06. The van der Waals surface area contributed by atoms with Crippen LogP contribution in [0.15, 0.2) is 24.3 Å². The minimum atomic E-state index is -0.628. The highest BCUT2D eigenvalue weighted by molar-refractivity contribution is 6.64. The zero-order valence-corrected chi connectivity index (χ0v) is 8.81. The Bertz CT molecular complexity index is 361. The minimum Gasteiger partial charge on any atom is -0.299 e. The molecule has 0 bridgehead atoms. The first-order valence-electron chi connectivity index (χ1n) is 4.02. The van der Waals surface area contributed by atoms with Crippen molar-refractivity contribution in [1.29, 1.82) is 0 Å². The third kappa shape index (κ3) is 3.90. The number of benzene rings is 1. The van der Waals surface area contributed by atoms with Gasteiger partial charge in [-0.2, -0.15) is 0 Å². The molecule has 0 aliphatic carbocycles. The van der Waals surface area contributed by atoms with Crippen molar-refractivity contribution in [2.24, 2.45) is 0 Å². The van der Waals surface area contributed by atoms with E-state index in [0.29, 0.717) is 5.02 Å². The Morgan fingerprint density at radius 2 is 2.00 bits per heavy atom. The zero-order valence-electron chi connectivity index (χ0n) is 7.30. The molecular formula is C10H8Cl2O2. The number of hydrogen-bond acceptors (Lipinski definition) is 2. The second-order valence-electron chi connectivity index (χ2n) is 2.88. The van der Waals surface area contributed by atoms with Crippen molar-refractivity contribution in [1.82, 2.24) is 0 Å². The maximum absolute atomic E-state index is 11.2. The molecule has 2 nitrogen and oxygen atoms in total. The van der Waals surface area contributed by atoms with Crippen molar-refractivity contribution < 1.29 is 9.59 Å². The summed E-state index contributed by atoms with van der Waals surface area (Å²) in [5.74, 6) is -0.202. The molecule has 0 spiro atoms. The van der Waals surface area contributed by atoms with E-state index in [9.17, 15) is 9.59 Å². The standard InChI is InChI=1S/C10H8Cl2O2/c11-8-3-1-2-7(4-8)5-9(13)6-10(12)14/h1-4H,5-6H2. The molecule has 0 heterocycles. The van der Waals surface area contributed by atoms with Crippen molar-refractivity contribution in [3.8, 4) is 0 Å². The summed E-state index contributed by atoms with van der Waals surface area (Å²) in [4.78, 5) is 21.6. The topological polar surface area (TPSA) is 34.1 Å². The van der Waals surface area contributed by atoms with Gasteiger partial charge in [-0.15, -0.1) is 0 Å². The first-order chi connectivity index (χ1) is 6.58. The Balaban J connectivity index is 2.60. The summed E-state index contributed by atoms with van der Waals surface area (Å²) in [6.07, 6.45) is -0.0346. The maximum Gasteiger partial charge on any atom is 0.229 e. The van der Waals surface area contributed by atoms with E-state index in [-0.39, 0.29) is 18.6 Å². The number of carbonyl (C=O) groups is 2. The highest BCUT2D eigenvalue weighted by Crippen LogP contribution is 2.11. The average Bonchev–Trinajstić information content (AvgIpc) is 2.01. The lowest BCUT2D eigenvalue weighted by molar-refractivity contribution is -0.123. The van der Waals surface area contributed by atoms with Gasteiger partial charge in [-0.3, -0.25) is 9.59 Å². The fourth-order valence-corrected chi connectivity index (χ4v) is 1.45. The van der Waals surface area contributed by atoms with Gasteiger partial charge >= 0.3 is 0 Å². The second-order valence-corrected chi connectivity index (χ2v) is 3.74. The molecule has 1 rings (SSSR count). The fourth-order valence-electron chi connectivity index (χ4n) is 1.09. The second kappa shape index (κ2) is 5.13. The first-order valence-corrected chi connectivity index (χ1v) is 4.78. The van der Waals surface area contributed by atoms with Crippen LogP contribution in [0.3, 0.4) is 0 Å². The lowest BCUT2D eigenvalue weighted by Gasteiger charge is -1.99. The third-order valence-electron chi connectivity index (χ3n) is 1.63. The molecule has 1 aromatic rings. The van der Waals surface area contributed by atoms with Crippen molar-refractivity contribution in [2.45, 2.75) is 12.8 Å². The van der Waals surface area contributed by atoms with Gasteiger partial charge < -0.3 is 0 Å². The van der Waals surface area contributed by atoms with Crippen LogP contribution >= 0.6 is 23.2 Å². The molecule has 0 aliphatic rings. The Hall–Kier alpha value is -0.860. The van der Waals surface area contributed by atoms with E-state index in [2.05, 4.69) is 0 Å². The largest absolute Gasteiger partial charge is 0.299 e. The summed E-state index contributed by atoms with van der Waals surface area (Å²) < 4.78 is 0. The Labute approximate surface area is 91.8 Å². The number of rotatable bonds is 4. The Morgan fingerprint density at radius 3 is 2.57 bits per heavy atom. The van der Waals surface area contributed by atoms with Crippen molar-refractivity contribution in [3.05, 3.63) is 34.9 Å². The molecule has 0 aliphatic heterocycles. The van der Waals surface area contributed by atoms with Crippen LogP contribution in [-0.4, -0.2) is 11.0 Å². The van der Waals surface area contributed by atoms with Crippen molar-refractivity contribution >= 4 is 34.2 Å². The molecule has 0 N–H and O–H groups in total. The van der Waals surface area contributed by atoms with Gasteiger partial charge in [-0.1, -0.05) is 23.7 Å². The highest BCUT2D eigenvalue weighted by atomic mass is 35.5. The smallest absolute Gasteiger partial charge is 0.229 e. The fraction of sp³-hybridized carbons (Fsp3) is 0.200. The molecule has 0 radical (unpaired) electrons. The summed E-state index contributed by atoms with van der Waals surface area (Å²) in [7, 11) is 0. The van der Waals surface area contributed by atoms with E-state index >= 15 is 0 Å². The number of ketones is 1. The Kier molecular flexibility index (Phi) is 4.11. The maximum atomic E-state index is 11.2. The molecule has 0 saturated carbocycles. The van der Waals surface area contributed by atoms with Crippen LogP contribution in [0.2, 0.25) is 5.02 Å². The predicted molar refractivity (Wildman–Crippen MR) is 55.6 cm³/mol. The number of carbonyl (C=O) groups excluding carboxylic acids is 2. The quantitative estimate of drug-likeness (QED) is 0.589. The van der Waals surface area contributed by atoms with Crippen LogP contribution < -0.4 is 0 Å². The van der Waals surface area contributed by atoms with E-state index in [4.69, 9.17) is 23.2 Å². The minimum absolute atomic E-state index is 0.193. The van der Waals surface area contributed by atoms with Crippen LogP contribution in [0.4, 0.5) is 0 Å². The third-order valence-corrected chi connectivity index (χ3v) is 2.00. The molecule has 0 saturated heterocycles. The molecule has 74 valence electrons. The first kappa shape index (κ1) is 11.2. The monoisotopic (exact) mass is 230 g/mol. The van der Waals surface area contributed by atoms with Crippen LogP contribution in [0.25, 0.3) is 0 Å². The number of Topliss-reactive ketones (excluding diaryl/α,β-unsaturated/α-hetero) is 1. The van der Waals surface area contributed by atoms with Gasteiger partial charge in [0.2, 0.25) is 5.24 Å². The van der Waals surface area contributed by atoms with E-state index in [1.165, 1.54) is 0 Å². The predicted octanol–water partition coefficient (Wildman–Crippen LogP) is 2.61. The molecule has 4 heteroatoms. The SMILES string of the molecule is O=C(Cl)CC(=O)Cc1cccc(Cl)c1.